The molecule has 2 unspecified atom stereocenters. The lowest BCUT2D eigenvalue weighted by Crippen LogP contribution is -2.10. The summed E-state index contributed by atoms with van der Waals surface area (Å²) in [7, 11) is 1.63. The minimum atomic E-state index is -1.36. The summed E-state index contributed by atoms with van der Waals surface area (Å²) >= 11 is 0.966. The number of alkyl halides is 1. The zero-order valence-electron chi connectivity index (χ0n) is 13.8. The minimum Gasteiger partial charge on any atom is -0.489 e. The Morgan fingerprint density at radius 3 is 3.12 bits per heavy atom. The quantitative estimate of drug-likeness (QED) is 0.854. The monoisotopic (exact) mass is 360 g/mol. The molecule has 0 spiro atoms. The lowest BCUT2D eigenvalue weighted by Gasteiger charge is -2.07. The highest BCUT2D eigenvalue weighted by molar-refractivity contribution is 7.14. The van der Waals surface area contributed by atoms with Gasteiger partial charge >= 0.3 is 0 Å². The Bertz CT molecular complexity index is 869. The molecule has 1 aliphatic heterocycles. The van der Waals surface area contributed by atoms with Crippen LogP contribution in [-0.2, 0) is 4.74 Å². The van der Waals surface area contributed by atoms with Crippen LogP contribution in [0.25, 0.3) is 11.3 Å². The van der Waals surface area contributed by atoms with Crippen molar-refractivity contribution in [2.24, 2.45) is 11.7 Å². The average molecular weight is 360 g/mol. The van der Waals surface area contributed by atoms with Gasteiger partial charge in [0.25, 0.3) is 5.91 Å². The van der Waals surface area contributed by atoms with Crippen LogP contribution < -0.4 is 10.5 Å². The van der Waals surface area contributed by atoms with Gasteiger partial charge in [-0.15, -0.1) is 11.3 Å². The van der Waals surface area contributed by atoms with Gasteiger partial charge in [0.2, 0.25) is 0 Å². The van der Waals surface area contributed by atoms with Crippen molar-refractivity contribution >= 4 is 17.2 Å². The third-order valence-electron chi connectivity index (χ3n) is 3.65. The fourth-order valence-electron chi connectivity index (χ4n) is 2.50. The predicted octanol–water partition coefficient (Wildman–Crippen LogP) is 2.95. The standard InChI is InChI=1S/C18H17FN2O3S/c1-10(8-23-2)3-4-11-5-6-14-12(7-11)15-16(13(19)9-24-14)25-18(21-15)17(20)22/h5-7,10,13H,8-9H2,1-2H3,(H2,20,22). The first-order valence-corrected chi connectivity index (χ1v) is 8.53. The molecule has 5 nitrogen and oxygen atoms in total. The summed E-state index contributed by atoms with van der Waals surface area (Å²) in [5, 5.41) is 0.0886. The highest BCUT2D eigenvalue weighted by Crippen LogP contribution is 2.42. The SMILES string of the molecule is COCC(C)C#Cc1ccc2c(c1)-c1nc(C(N)=O)sc1C(F)CO2. The van der Waals surface area contributed by atoms with E-state index in [-0.39, 0.29) is 17.5 Å². The third kappa shape index (κ3) is 3.65. The maximum atomic E-state index is 14.4. The zero-order valence-corrected chi connectivity index (χ0v) is 14.7. The second-order valence-corrected chi connectivity index (χ2v) is 6.74. The molecule has 3 rings (SSSR count). The molecule has 1 aliphatic rings. The van der Waals surface area contributed by atoms with Crippen molar-refractivity contribution in [2.45, 2.75) is 13.1 Å². The van der Waals surface area contributed by atoms with Gasteiger partial charge in [-0.2, -0.15) is 0 Å². The number of nitrogens with zero attached hydrogens (tertiary/aromatic N) is 1. The van der Waals surface area contributed by atoms with Crippen molar-refractivity contribution in [3.05, 3.63) is 33.6 Å². The largest absolute Gasteiger partial charge is 0.489 e. The van der Waals surface area contributed by atoms with E-state index < -0.39 is 12.1 Å². The van der Waals surface area contributed by atoms with Gasteiger partial charge in [0.05, 0.1) is 17.2 Å². The van der Waals surface area contributed by atoms with Gasteiger partial charge in [-0.25, -0.2) is 9.37 Å². The van der Waals surface area contributed by atoms with E-state index >= 15 is 0 Å². The van der Waals surface area contributed by atoms with Gasteiger partial charge in [0.1, 0.15) is 12.4 Å². The number of fused-ring (bicyclic) bond motifs is 3. The number of primary amides is 1. The smallest absolute Gasteiger partial charge is 0.277 e. The molecule has 0 saturated heterocycles. The molecule has 1 aromatic carbocycles. The van der Waals surface area contributed by atoms with E-state index in [4.69, 9.17) is 15.2 Å². The van der Waals surface area contributed by atoms with Crippen LogP contribution in [0.1, 0.15) is 33.3 Å². The second-order valence-electron chi connectivity index (χ2n) is 5.71. The number of aromatic nitrogens is 1. The van der Waals surface area contributed by atoms with Crippen molar-refractivity contribution < 1.29 is 18.7 Å². The molecule has 7 heteroatoms. The molecule has 1 amide bonds. The summed E-state index contributed by atoms with van der Waals surface area (Å²) in [6, 6.07) is 5.35. The molecule has 130 valence electrons. The number of benzene rings is 1. The van der Waals surface area contributed by atoms with E-state index in [0.29, 0.717) is 28.5 Å². The second kappa shape index (κ2) is 7.21. The Balaban J connectivity index is 2.04. The van der Waals surface area contributed by atoms with Crippen LogP contribution in [0, 0.1) is 17.8 Å². The molecule has 25 heavy (non-hydrogen) atoms. The van der Waals surface area contributed by atoms with Crippen molar-refractivity contribution in [3.8, 4) is 28.8 Å². The number of hydrogen-bond acceptors (Lipinski definition) is 5. The number of hydrogen-bond donors (Lipinski definition) is 1. The molecular weight excluding hydrogens is 343 g/mol. The Morgan fingerprint density at radius 2 is 2.40 bits per heavy atom. The van der Waals surface area contributed by atoms with Crippen molar-refractivity contribution in [3.63, 3.8) is 0 Å². The van der Waals surface area contributed by atoms with E-state index in [0.717, 1.165) is 16.9 Å². The van der Waals surface area contributed by atoms with Crippen LogP contribution in [0.15, 0.2) is 18.2 Å². The van der Waals surface area contributed by atoms with E-state index in [1.54, 1.807) is 19.2 Å². The molecule has 0 aliphatic carbocycles. The van der Waals surface area contributed by atoms with Crippen LogP contribution in [0.2, 0.25) is 0 Å². The number of carbonyl (C=O) groups excluding carboxylic acids is 1. The molecule has 0 fully saturated rings. The molecule has 0 bridgehead atoms. The maximum Gasteiger partial charge on any atom is 0.277 e. The lowest BCUT2D eigenvalue weighted by molar-refractivity contribution is 0.1000. The lowest BCUT2D eigenvalue weighted by atomic mass is 10.0. The van der Waals surface area contributed by atoms with Crippen LogP contribution in [-0.4, -0.2) is 31.2 Å². The minimum absolute atomic E-state index is 0.0886. The number of methoxy groups -OCH3 is 1. The average Bonchev–Trinajstić information content (AvgIpc) is 2.99. The van der Waals surface area contributed by atoms with E-state index in [1.165, 1.54) is 0 Å². The van der Waals surface area contributed by atoms with Crippen LogP contribution in [0.4, 0.5) is 4.39 Å². The van der Waals surface area contributed by atoms with Gasteiger partial charge in [0.15, 0.2) is 11.2 Å². The summed E-state index contributed by atoms with van der Waals surface area (Å²) in [4.78, 5) is 16.0. The molecule has 0 radical (unpaired) electrons. The van der Waals surface area contributed by atoms with Crippen LogP contribution in [0.3, 0.4) is 0 Å². The summed E-state index contributed by atoms with van der Waals surface area (Å²) in [6.07, 6.45) is -1.36. The summed E-state index contributed by atoms with van der Waals surface area (Å²) in [5.41, 5.74) is 7.05. The molecule has 2 atom stereocenters. The number of carbonyl (C=O) groups is 1. The first-order valence-electron chi connectivity index (χ1n) is 7.72. The first kappa shape index (κ1) is 17.4. The molecule has 0 saturated carbocycles. The van der Waals surface area contributed by atoms with Crippen LogP contribution >= 0.6 is 11.3 Å². The molecule has 2 aromatic rings. The topological polar surface area (TPSA) is 74.4 Å². The number of rotatable bonds is 3. The summed E-state index contributed by atoms with van der Waals surface area (Å²) < 4.78 is 25.0. The zero-order chi connectivity index (χ0) is 18.0. The number of amides is 1. The van der Waals surface area contributed by atoms with E-state index in [9.17, 15) is 9.18 Å². The Labute approximate surface area is 149 Å². The van der Waals surface area contributed by atoms with Gasteiger partial charge in [0, 0.05) is 24.2 Å². The molecule has 1 aromatic heterocycles. The molecule has 2 heterocycles. The number of nitrogens with two attached hydrogens (primary N) is 1. The van der Waals surface area contributed by atoms with E-state index in [1.807, 2.05) is 13.0 Å². The highest BCUT2D eigenvalue weighted by atomic mass is 32.1. The Kier molecular flexibility index (Phi) is 5.02. The number of ether oxygens (including phenoxy) is 2. The van der Waals surface area contributed by atoms with Crippen molar-refractivity contribution in [2.75, 3.05) is 20.3 Å². The first-order chi connectivity index (χ1) is 12.0. The van der Waals surface area contributed by atoms with E-state index in [2.05, 4.69) is 16.8 Å². The fourth-order valence-corrected chi connectivity index (χ4v) is 3.39. The highest BCUT2D eigenvalue weighted by Gasteiger charge is 2.28. The fraction of sp³-hybridized carbons (Fsp3) is 0.333. The number of thiazole rings is 1. The van der Waals surface area contributed by atoms with Crippen molar-refractivity contribution in [1.29, 1.82) is 0 Å². The van der Waals surface area contributed by atoms with Crippen LogP contribution in [0.5, 0.6) is 5.75 Å². The van der Waals surface area contributed by atoms with Gasteiger partial charge in [-0.05, 0) is 25.1 Å². The van der Waals surface area contributed by atoms with Gasteiger partial charge < -0.3 is 15.2 Å². The third-order valence-corrected chi connectivity index (χ3v) is 4.80. The number of halogens is 1. The Hall–Kier alpha value is -2.43. The Morgan fingerprint density at radius 1 is 1.60 bits per heavy atom. The molecular formula is C18H17FN2O3S. The summed E-state index contributed by atoms with van der Waals surface area (Å²) in [5.74, 6) is 6.10. The van der Waals surface area contributed by atoms with Gasteiger partial charge in [-0.1, -0.05) is 11.8 Å². The maximum absolute atomic E-state index is 14.4. The van der Waals surface area contributed by atoms with Crippen molar-refractivity contribution in [1.82, 2.24) is 4.98 Å². The van der Waals surface area contributed by atoms with Gasteiger partial charge in [-0.3, -0.25) is 4.79 Å². The molecule has 2 N–H and O–H groups in total. The summed E-state index contributed by atoms with van der Waals surface area (Å²) in [6.45, 7) is 2.38. The normalized spacial score (nSPS) is 16.5. The predicted molar refractivity (Wildman–Crippen MR) is 93.3 cm³/mol.